The van der Waals surface area contributed by atoms with Crippen molar-refractivity contribution in [3.8, 4) is 0 Å². The summed E-state index contributed by atoms with van der Waals surface area (Å²) >= 11 is 0. The molecule has 184 valence electrons. The predicted octanol–water partition coefficient (Wildman–Crippen LogP) is 9.54. The number of hydrogen-bond acceptors (Lipinski definition) is 2. The second kappa shape index (κ2) is 8.49. The average molecular weight is 499 g/mol. The van der Waals surface area contributed by atoms with Gasteiger partial charge in [-0.05, 0) is 75.9 Å². The standard InChI is InChI=1S/C34H34N2Si/c1-23-22-29-27(26-15-10-13-24-12-4-5-14-25(24)26)16-11-17-28(29)34(23)37(2,3)36-32-20-8-6-18-30(32)35-31-19-7-9-21-33(31)36/h4-21,23,28-29,34-35H,22H2,1-3H3/t23-,28+,29-,34?/m1/s1. The van der Waals surface area contributed by atoms with Crippen LogP contribution in [0.4, 0.5) is 22.7 Å². The monoisotopic (exact) mass is 498 g/mol. The molecule has 1 saturated carbocycles. The van der Waals surface area contributed by atoms with Gasteiger partial charge in [-0.3, -0.25) is 0 Å². The number of nitrogens with one attached hydrogen (secondary N) is 1. The Kier molecular flexibility index (Phi) is 5.19. The number of nitrogens with zero attached hydrogens (tertiary/aromatic N) is 1. The first kappa shape index (κ1) is 22.6. The van der Waals surface area contributed by atoms with Gasteiger partial charge in [0.05, 0.1) is 22.7 Å². The van der Waals surface area contributed by atoms with E-state index < -0.39 is 8.24 Å². The maximum absolute atomic E-state index is 3.70. The van der Waals surface area contributed by atoms with Gasteiger partial charge in [-0.15, -0.1) is 0 Å². The van der Waals surface area contributed by atoms with E-state index in [-0.39, 0.29) is 0 Å². The molecule has 0 radical (unpaired) electrons. The number of allylic oxidation sites excluding steroid dienone is 4. The van der Waals surface area contributed by atoms with Crippen molar-refractivity contribution in [1.29, 1.82) is 0 Å². The fourth-order valence-corrected chi connectivity index (χ4v) is 12.6. The van der Waals surface area contributed by atoms with Crippen LogP contribution in [0.2, 0.25) is 18.6 Å². The highest BCUT2D eigenvalue weighted by Crippen LogP contribution is 2.60. The van der Waals surface area contributed by atoms with Gasteiger partial charge < -0.3 is 9.88 Å². The number of anilines is 4. The second-order valence-corrected chi connectivity index (χ2v) is 16.0. The number of benzene rings is 4. The van der Waals surface area contributed by atoms with Crippen LogP contribution in [0.3, 0.4) is 0 Å². The molecule has 3 aliphatic rings. The molecular formula is C34H34N2Si. The number of hydrogen-bond donors (Lipinski definition) is 1. The van der Waals surface area contributed by atoms with Crippen molar-refractivity contribution in [3.05, 3.63) is 115 Å². The number of para-hydroxylation sites is 4. The Bertz CT molecular complexity index is 1510. The Hall–Kier alpha value is -3.56. The van der Waals surface area contributed by atoms with E-state index in [0.717, 1.165) is 0 Å². The van der Waals surface area contributed by atoms with Gasteiger partial charge in [0.25, 0.3) is 0 Å². The minimum absolute atomic E-state index is 0.560. The summed E-state index contributed by atoms with van der Waals surface area (Å²) in [6.07, 6.45) is 8.55. The van der Waals surface area contributed by atoms with Crippen LogP contribution in [0.15, 0.2) is 109 Å². The molecule has 4 aromatic rings. The number of fused-ring (bicyclic) bond motifs is 4. The van der Waals surface area contributed by atoms with Gasteiger partial charge in [0.1, 0.15) is 0 Å². The molecule has 2 nitrogen and oxygen atoms in total. The minimum Gasteiger partial charge on any atom is -0.366 e. The van der Waals surface area contributed by atoms with Crippen molar-refractivity contribution < 1.29 is 0 Å². The molecule has 37 heavy (non-hydrogen) atoms. The van der Waals surface area contributed by atoms with E-state index in [2.05, 4.69) is 139 Å². The number of rotatable bonds is 3. The third kappa shape index (κ3) is 3.44. The van der Waals surface area contributed by atoms with Crippen molar-refractivity contribution in [2.24, 2.45) is 17.8 Å². The Labute approximate surface area is 221 Å². The highest BCUT2D eigenvalue weighted by molar-refractivity contribution is 6.84. The maximum atomic E-state index is 3.70. The molecule has 7 rings (SSSR count). The molecule has 0 bridgehead atoms. The zero-order valence-electron chi connectivity index (χ0n) is 21.9. The highest BCUT2D eigenvalue weighted by Gasteiger charge is 2.53. The topological polar surface area (TPSA) is 15.3 Å². The van der Waals surface area contributed by atoms with Crippen molar-refractivity contribution in [1.82, 2.24) is 0 Å². The molecule has 2 aliphatic carbocycles. The van der Waals surface area contributed by atoms with Crippen LogP contribution < -0.4 is 9.88 Å². The van der Waals surface area contributed by atoms with Gasteiger partial charge in [-0.1, -0.05) is 105 Å². The van der Waals surface area contributed by atoms with Crippen LogP contribution >= 0.6 is 0 Å². The summed E-state index contributed by atoms with van der Waals surface area (Å²) in [7, 11) is -2.01. The van der Waals surface area contributed by atoms with Gasteiger partial charge in [0.15, 0.2) is 8.24 Å². The fourth-order valence-electron chi connectivity index (χ4n) is 7.86. The van der Waals surface area contributed by atoms with Gasteiger partial charge in [0.2, 0.25) is 0 Å². The SMILES string of the molecule is C[C@@H]1C[C@@H]2C(c3cccc4ccccc34)=CC=C[C@@H]2C1[Si](C)(C)N1c2ccccc2Nc2ccccc21. The van der Waals surface area contributed by atoms with E-state index in [0.29, 0.717) is 23.3 Å². The lowest BCUT2D eigenvalue weighted by Gasteiger charge is -2.49. The van der Waals surface area contributed by atoms with Crippen LogP contribution in [-0.4, -0.2) is 8.24 Å². The molecule has 3 heteroatoms. The summed E-state index contributed by atoms with van der Waals surface area (Å²) in [5, 5.41) is 6.41. The Morgan fingerprint density at radius 1 is 0.784 bits per heavy atom. The van der Waals surface area contributed by atoms with Gasteiger partial charge in [-0.2, -0.15) is 0 Å². The lowest BCUT2D eigenvalue weighted by Crippen LogP contribution is -2.53. The Morgan fingerprint density at radius 2 is 1.43 bits per heavy atom. The normalized spacial score (nSPS) is 24.2. The average Bonchev–Trinajstić information content (AvgIpc) is 3.28. The molecule has 1 fully saturated rings. The van der Waals surface area contributed by atoms with Gasteiger partial charge in [-0.25, -0.2) is 0 Å². The fraction of sp³-hybridized carbons (Fsp3) is 0.235. The molecule has 1 N–H and O–H groups in total. The summed E-state index contributed by atoms with van der Waals surface area (Å²) in [4.78, 5) is 0. The summed E-state index contributed by atoms with van der Waals surface area (Å²) in [5.74, 6) is 1.79. The molecule has 0 spiro atoms. The van der Waals surface area contributed by atoms with E-state index in [4.69, 9.17) is 0 Å². The molecule has 4 aromatic carbocycles. The molecular weight excluding hydrogens is 464 g/mol. The summed E-state index contributed by atoms with van der Waals surface area (Å²) in [5.41, 5.74) is 8.70. The quantitative estimate of drug-likeness (QED) is 0.283. The summed E-state index contributed by atoms with van der Waals surface area (Å²) in [6, 6.07) is 33.4. The molecule has 1 unspecified atom stereocenters. The Balaban J connectivity index is 1.32. The van der Waals surface area contributed by atoms with Crippen molar-refractivity contribution >= 4 is 47.3 Å². The first-order valence-corrected chi connectivity index (χ1v) is 16.7. The van der Waals surface area contributed by atoms with E-state index in [9.17, 15) is 0 Å². The van der Waals surface area contributed by atoms with E-state index >= 15 is 0 Å². The lowest BCUT2D eigenvalue weighted by molar-refractivity contribution is 0.550. The summed E-state index contributed by atoms with van der Waals surface area (Å²) in [6.45, 7) is 7.74. The molecule has 4 atom stereocenters. The van der Waals surface area contributed by atoms with Crippen LogP contribution in [0, 0.1) is 17.8 Å². The maximum Gasteiger partial charge on any atom is 0.160 e. The van der Waals surface area contributed by atoms with E-state index in [1.54, 1.807) is 0 Å². The third-order valence-corrected chi connectivity index (χ3v) is 13.4. The van der Waals surface area contributed by atoms with Crippen molar-refractivity contribution in [2.45, 2.75) is 32.0 Å². The first-order valence-electron chi connectivity index (χ1n) is 13.7. The second-order valence-electron chi connectivity index (χ2n) is 11.6. The highest BCUT2D eigenvalue weighted by atomic mass is 28.3. The smallest absolute Gasteiger partial charge is 0.160 e. The molecule has 0 amide bonds. The zero-order valence-corrected chi connectivity index (χ0v) is 22.9. The van der Waals surface area contributed by atoms with Gasteiger partial charge in [0, 0.05) is 0 Å². The van der Waals surface area contributed by atoms with E-state index in [1.807, 2.05) is 0 Å². The van der Waals surface area contributed by atoms with Crippen LogP contribution in [-0.2, 0) is 0 Å². The van der Waals surface area contributed by atoms with Crippen LogP contribution in [0.25, 0.3) is 16.3 Å². The molecule has 1 heterocycles. The predicted molar refractivity (Wildman–Crippen MR) is 161 cm³/mol. The zero-order chi connectivity index (χ0) is 25.1. The molecule has 0 saturated heterocycles. The summed E-state index contributed by atoms with van der Waals surface area (Å²) < 4.78 is 2.77. The molecule has 1 aliphatic heterocycles. The van der Waals surface area contributed by atoms with Crippen molar-refractivity contribution in [2.75, 3.05) is 9.88 Å². The van der Waals surface area contributed by atoms with Gasteiger partial charge >= 0.3 is 0 Å². The Morgan fingerprint density at radius 3 is 2.19 bits per heavy atom. The lowest BCUT2D eigenvalue weighted by atomic mass is 9.80. The first-order chi connectivity index (χ1) is 18.0. The largest absolute Gasteiger partial charge is 0.366 e. The van der Waals surface area contributed by atoms with Crippen LogP contribution in [0.1, 0.15) is 18.9 Å². The van der Waals surface area contributed by atoms with Crippen molar-refractivity contribution in [3.63, 3.8) is 0 Å². The third-order valence-electron chi connectivity index (χ3n) is 9.18. The minimum atomic E-state index is -2.01. The van der Waals surface area contributed by atoms with Crippen LogP contribution in [0.5, 0.6) is 0 Å². The molecule has 0 aromatic heterocycles. The van der Waals surface area contributed by atoms with E-state index in [1.165, 1.54) is 51.1 Å².